The molecule has 1 aromatic rings. The number of hydrogen-bond acceptors (Lipinski definition) is 1. The summed E-state index contributed by atoms with van der Waals surface area (Å²) in [4.78, 5) is 3.27. The molecular weight excluding hydrogens is 286 g/mol. The van der Waals surface area contributed by atoms with Crippen molar-refractivity contribution in [2.24, 2.45) is 5.92 Å². The molecule has 2 heteroatoms. The third kappa shape index (κ3) is 3.58. The zero-order valence-corrected chi connectivity index (χ0v) is 13.3. The van der Waals surface area contributed by atoms with Crippen LogP contribution in [0.4, 0.5) is 0 Å². The molecule has 0 aromatic heterocycles. The molecule has 1 aliphatic heterocycles. The second-order valence-corrected chi connectivity index (χ2v) is 7.17. The maximum Gasteiger partial charge on any atom is 0.0236 e. The monoisotopic (exact) mass is 309 g/mol. The SMILES string of the molecule is Cc1ccc(C)c(CN2CCC(C(C)Br)CC2)c1. The maximum atomic E-state index is 3.73. The highest BCUT2D eigenvalue weighted by atomic mass is 79.9. The van der Waals surface area contributed by atoms with E-state index in [1.807, 2.05) is 0 Å². The van der Waals surface area contributed by atoms with Crippen LogP contribution < -0.4 is 0 Å². The molecule has 1 saturated heterocycles. The zero-order valence-electron chi connectivity index (χ0n) is 11.7. The highest BCUT2D eigenvalue weighted by molar-refractivity contribution is 9.09. The summed E-state index contributed by atoms with van der Waals surface area (Å²) in [6, 6.07) is 6.80. The number of piperidine rings is 1. The molecule has 1 heterocycles. The highest BCUT2D eigenvalue weighted by Gasteiger charge is 2.22. The summed E-state index contributed by atoms with van der Waals surface area (Å²) >= 11 is 3.73. The Labute approximate surface area is 120 Å². The lowest BCUT2D eigenvalue weighted by Crippen LogP contribution is -2.35. The lowest BCUT2D eigenvalue weighted by molar-refractivity contribution is 0.178. The van der Waals surface area contributed by atoms with Crippen molar-refractivity contribution in [2.75, 3.05) is 13.1 Å². The first-order valence-corrected chi connectivity index (χ1v) is 7.90. The fourth-order valence-corrected chi connectivity index (χ4v) is 3.31. The first-order chi connectivity index (χ1) is 8.56. The van der Waals surface area contributed by atoms with Crippen molar-refractivity contribution in [3.63, 3.8) is 0 Å². The first-order valence-electron chi connectivity index (χ1n) is 6.99. The van der Waals surface area contributed by atoms with Crippen molar-refractivity contribution in [1.82, 2.24) is 4.90 Å². The minimum atomic E-state index is 0.667. The Hall–Kier alpha value is -0.340. The van der Waals surface area contributed by atoms with Crippen LogP contribution in [0.25, 0.3) is 0 Å². The molecule has 1 atom stereocenters. The van der Waals surface area contributed by atoms with Crippen LogP contribution in [0.2, 0.25) is 0 Å². The Morgan fingerprint density at radius 3 is 2.56 bits per heavy atom. The predicted molar refractivity (Wildman–Crippen MR) is 82.3 cm³/mol. The first kappa shape index (κ1) is 14.1. The van der Waals surface area contributed by atoms with Crippen molar-refractivity contribution in [1.29, 1.82) is 0 Å². The fraction of sp³-hybridized carbons (Fsp3) is 0.625. The molecule has 0 N–H and O–H groups in total. The highest BCUT2D eigenvalue weighted by Crippen LogP contribution is 2.26. The minimum Gasteiger partial charge on any atom is -0.299 e. The fourth-order valence-electron chi connectivity index (χ4n) is 2.78. The van der Waals surface area contributed by atoms with Crippen LogP contribution in [0.1, 0.15) is 36.5 Å². The van der Waals surface area contributed by atoms with Gasteiger partial charge in [-0.15, -0.1) is 0 Å². The molecule has 1 nitrogen and oxygen atoms in total. The number of rotatable bonds is 3. The smallest absolute Gasteiger partial charge is 0.0236 e. The van der Waals surface area contributed by atoms with Gasteiger partial charge in [-0.25, -0.2) is 0 Å². The summed E-state index contributed by atoms with van der Waals surface area (Å²) < 4.78 is 0. The van der Waals surface area contributed by atoms with Crippen LogP contribution in [0.5, 0.6) is 0 Å². The molecule has 1 unspecified atom stereocenters. The van der Waals surface area contributed by atoms with Gasteiger partial charge < -0.3 is 0 Å². The van der Waals surface area contributed by atoms with Crippen LogP contribution in [0.3, 0.4) is 0 Å². The van der Waals surface area contributed by atoms with Gasteiger partial charge in [-0.05, 0) is 56.8 Å². The van der Waals surface area contributed by atoms with E-state index in [2.05, 4.69) is 59.8 Å². The summed E-state index contributed by atoms with van der Waals surface area (Å²) in [6.07, 6.45) is 2.66. The molecule has 18 heavy (non-hydrogen) atoms. The van der Waals surface area contributed by atoms with Crippen LogP contribution in [0.15, 0.2) is 18.2 Å². The summed E-state index contributed by atoms with van der Waals surface area (Å²) in [5.74, 6) is 0.861. The molecule has 1 aliphatic rings. The van der Waals surface area contributed by atoms with Crippen LogP contribution in [-0.2, 0) is 6.54 Å². The average molecular weight is 310 g/mol. The van der Waals surface area contributed by atoms with E-state index in [-0.39, 0.29) is 0 Å². The number of aryl methyl sites for hydroxylation is 2. The molecule has 1 aromatic carbocycles. The molecule has 1 fully saturated rings. The normalized spacial score (nSPS) is 20.0. The topological polar surface area (TPSA) is 3.24 Å². The minimum absolute atomic E-state index is 0.667. The van der Waals surface area contributed by atoms with Gasteiger partial charge in [0.15, 0.2) is 0 Å². The van der Waals surface area contributed by atoms with E-state index in [1.165, 1.54) is 42.6 Å². The molecule has 100 valence electrons. The predicted octanol–water partition coefficient (Wildman–Crippen LogP) is 4.30. The van der Waals surface area contributed by atoms with Gasteiger partial charge >= 0.3 is 0 Å². The lowest BCUT2D eigenvalue weighted by atomic mass is 9.93. The summed E-state index contributed by atoms with van der Waals surface area (Å²) in [7, 11) is 0. The van der Waals surface area contributed by atoms with E-state index in [0.29, 0.717) is 4.83 Å². The Morgan fingerprint density at radius 2 is 1.94 bits per heavy atom. The van der Waals surface area contributed by atoms with Gasteiger partial charge in [0, 0.05) is 11.4 Å². The molecule has 0 saturated carbocycles. The van der Waals surface area contributed by atoms with Gasteiger partial charge in [-0.3, -0.25) is 4.90 Å². The van der Waals surface area contributed by atoms with Gasteiger partial charge in [0.2, 0.25) is 0 Å². The van der Waals surface area contributed by atoms with E-state index < -0.39 is 0 Å². The van der Waals surface area contributed by atoms with Gasteiger partial charge in [-0.2, -0.15) is 0 Å². The van der Waals surface area contributed by atoms with Gasteiger partial charge in [-0.1, -0.05) is 46.6 Å². The third-order valence-corrected chi connectivity index (χ3v) is 4.93. The van der Waals surface area contributed by atoms with Crippen molar-refractivity contribution in [2.45, 2.75) is 45.0 Å². The third-order valence-electron chi connectivity index (χ3n) is 4.18. The molecule has 0 amide bonds. The Bertz CT molecular complexity index is 392. The van der Waals surface area contributed by atoms with Crippen molar-refractivity contribution >= 4 is 15.9 Å². The number of halogens is 1. The number of benzene rings is 1. The van der Waals surface area contributed by atoms with Gasteiger partial charge in [0.25, 0.3) is 0 Å². The van der Waals surface area contributed by atoms with Crippen LogP contribution in [0, 0.1) is 19.8 Å². The van der Waals surface area contributed by atoms with E-state index in [9.17, 15) is 0 Å². The van der Waals surface area contributed by atoms with E-state index in [4.69, 9.17) is 0 Å². The quantitative estimate of drug-likeness (QED) is 0.753. The van der Waals surface area contributed by atoms with E-state index >= 15 is 0 Å². The molecule has 0 aliphatic carbocycles. The standard InChI is InChI=1S/C16H24BrN/c1-12-4-5-13(2)16(10-12)11-18-8-6-15(7-9-18)14(3)17/h4-5,10,14-15H,6-9,11H2,1-3H3. The summed E-state index contributed by atoms with van der Waals surface area (Å²) in [5, 5.41) is 0. The Kier molecular flexibility index (Phi) is 4.85. The number of alkyl halides is 1. The summed E-state index contributed by atoms with van der Waals surface area (Å²) in [6.45, 7) is 10.3. The van der Waals surface area contributed by atoms with Crippen molar-refractivity contribution in [3.8, 4) is 0 Å². The molecule has 0 bridgehead atoms. The number of likely N-dealkylation sites (tertiary alicyclic amines) is 1. The number of hydrogen-bond donors (Lipinski definition) is 0. The van der Waals surface area contributed by atoms with E-state index in [0.717, 1.165) is 12.5 Å². The number of nitrogens with zero attached hydrogens (tertiary/aromatic N) is 1. The van der Waals surface area contributed by atoms with Crippen LogP contribution >= 0.6 is 15.9 Å². The largest absolute Gasteiger partial charge is 0.299 e. The molecule has 0 radical (unpaired) electrons. The van der Waals surface area contributed by atoms with Gasteiger partial charge in [0.1, 0.15) is 0 Å². The second-order valence-electron chi connectivity index (χ2n) is 5.72. The van der Waals surface area contributed by atoms with E-state index in [1.54, 1.807) is 0 Å². The van der Waals surface area contributed by atoms with Gasteiger partial charge in [0.05, 0.1) is 0 Å². The average Bonchev–Trinajstić information content (AvgIpc) is 2.34. The van der Waals surface area contributed by atoms with Crippen molar-refractivity contribution in [3.05, 3.63) is 34.9 Å². The Balaban J connectivity index is 1.93. The Morgan fingerprint density at radius 1 is 1.28 bits per heavy atom. The van der Waals surface area contributed by atoms with Crippen LogP contribution in [-0.4, -0.2) is 22.8 Å². The molecular formula is C16H24BrN. The molecule has 2 rings (SSSR count). The maximum absolute atomic E-state index is 3.73. The lowest BCUT2D eigenvalue weighted by Gasteiger charge is -2.33. The summed E-state index contributed by atoms with van der Waals surface area (Å²) in [5.41, 5.74) is 4.30. The second kappa shape index (κ2) is 6.21. The zero-order chi connectivity index (χ0) is 13.1. The molecule has 0 spiro atoms. The van der Waals surface area contributed by atoms with Crippen molar-refractivity contribution < 1.29 is 0 Å².